The number of carbonyl (C=O) groups excluding carboxylic acids is 1. The van der Waals surface area contributed by atoms with Gasteiger partial charge in [-0.2, -0.15) is 0 Å². The van der Waals surface area contributed by atoms with E-state index in [1.165, 1.54) is 0 Å². The van der Waals surface area contributed by atoms with Gasteiger partial charge in [-0.05, 0) is 25.5 Å². The minimum absolute atomic E-state index is 0.222. The van der Waals surface area contributed by atoms with Crippen LogP contribution in [0.15, 0.2) is 29.4 Å². The second kappa shape index (κ2) is 8.36. The molecule has 1 saturated heterocycles. The smallest absolute Gasteiger partial charge is 0.222 e. The molecule has 1 fully saturated rings. The monoisotopic (exact) mass is 303 g/mol. The molecular weight excluding hydrogens is 278 g/mol. The number of guanidine groups is 1. The van der Waals surface area contributed by atoms with Gasteiger partial charge in [0.2, 0.25) is 5.91 Å². The van der Waals surface area contributed by atoms with Crippen LogP contribution in [0.4, 0.5) is 0 Å². The molecule has 1 aromatic heterocycles. The van der Waals surface area contributed by atoms with E-state index in [1.54, 1.807) is 6.20 Å². The van der Waals surface area contributed by atoms with Crippen LogP contribution in [0, 0.1) is 0 Å². The van der Waals surface area contributed by atoms with E-state index in [2.05, 4.69) is 20.6 Å². The molecule has 1 aliphatic heterocycles. The summed E-state index contributed by atoms with van der Waals surface area (Å²) < 4.78 is 0. The standard InChI is InChI=1S/C16H25N5O/c1-3-15(22)21-10-8-14(12-21)20-16(17-4-2)19-11-13-7-5-6-9-18-13/h5-7,9,14H,3-4,8,10-12H2,1-2H3,(H2,17,19,20). The number of nitrogens with zero attached hydrogens (tertiary/aromatic N) is 3. The first-order chi connectivity index (χ1) is 10.7. The zero-order chi connectivity index (χ0) is 15.8. The minimum Gasteiger partial charge on any atom is -0.357 e. The number of pyridine rings is 1. The maximum atomic E-state index is 11.7. The molecule has 1 aromatic rings. The number of carbonyl (C=O) groups is 1. The molecule has 22 heavy (non-hydrogen) atoms. The lowest BCUT2D eigenvalue weighted by Crippen LogP contribution is -2.45. The van der Waals surface area contributed by atoms with Crippen molar-refractivity contribution in [2.24, 2.45) is 4.99 Å². The Labute approximate surface area is 132 Å². The maximum Gasteiger partial charge on any atom is 0.222 e. The number of likely N-dealkylation sites (tertiary alicyclic amines) is 1. The summed E-state index contributed by atoms with van der Waals surface area (Å²) in [5.41, 5.74) is 0.939. The maximum absolute atomic E-state index is 11.7. The minimum atomic E-state index is 0.222. The van der Waals surface area contributed by atoms with Crippen molar-refractivity contribution in [2.45, 2.75) is 39.3 Å². The molecule has 1 unspecified atom stereocenters. The lowest BCUT2D eigenvalue weighted by molar-refractivity contribution is -0.129. The molecule has 120 valence electrons. The summed E-state index contributed by atoms with van der Waals surface area (Å²) in [5, 5.41) is 6.66. The quantitative estimate of drug-likeness (QED) is 0.632. The van der Waals surface area contributed by atoms with Gasteiger partial charge in [-0.15, -0.1) is 0 Å². The molecular formula is C16H25N5O. The molecule has 0 bridgehead atoms. The third kappa shape index (κ3) is 4.72. The van der Waals surface area contributed by atoms with E-state index in [4.69, 9.17) is 0 Å². The van der Waals surface area contributed by atoms with Crippen molar-refractivity contribution >= 4 is 11.9 Å². The lowest BCUT2D eigenvalue weighted by Gasteiger charge is -2.18. The number of hydrogen-bond donors (Lipinski definition) is 2. The van der Waals surface area contributed by atoms with Crippen molar-refractivity contribution in [2.75, 3.05) is 19.6 Å². The molecule has 6 heteroatoms. The van der Waals surface area contributed by atoms with Crippen LogP contribution < -0.4 is 10.6 Å². The topological polar surface area (TPSA) is 69.6 Å². The Balaban J connectivity index is 1.90. The van der Waals surface area contributed by atoms with Crippen molar-refractivity contribution in [3.05, 3.63) is 30.1 Å². The lowest BCUT2D eigenvalue weighted by atomic mass is 10.3. The fourth-order valence-corrected chi connectivity index (χ4v) is 2.49. The number of amides is 1. The third-order valence-electron chi connectivity index (χ3n) is 3.65. The van der Waals surface area contributed by atoms with Gasteiger partial charge in [0.15, 0.2) is 5.96 Å². The largest absolute Gasteiger partial charge is 0.357 e. The number of nitrogens with one attached hydrogen (secondary N) is 2. The van der Waals surface area contributed by atoms with Gasteiger partial charge in [0.25, 0.3) is 0 Å². The second-order valence-corrected chi connectivity index (χ2v) is 5.34. The van der Waals surface area contributed by atoms with Crippen LogP contribution in [0.1, 0.15) is 32.4 Å². The second-order valence-electron chi connectivity index (χ2n) is 5.34. The van der Waals surface area contributed by atoms with Gasteiger partial charge in [0.1, 0.15) is 0 Å². The van der Waals surface area contributed by atoms with Gasteiger partial charge in [-0.25, -0.2) is 4.99 Å². The molecule has 2 rings (SSSR count). The van der Waals surface area contributed by atoms with Crippen molar-refractivity contribution in [3.63, 3.8) is 0 Å². The Morgan fingerprint density at radius 3 is 3.00 bits per heavy atom. The zero-order valence-corrected chi connectivity index (χ0v) is 13.4. The summed E-state index contributed by atoms with van der Waals surface area (Å²) in [5.74, 6) is 1.00. The van der Waals surface area contributed by atoms with Crippen LogP contribution in [-0.4, -0.2) is 47.4 Å². The average molecular weight is 303 g/mol. The predicted molar refractivity (Wildman–Crippen MR) is 87.5 cm³/mol. The summed E-state index contributed by atoms with van der Waals surface area (Å²) in [6.07, 6.45) is 3.30. The zero-order valence-electron chi connectivity index (χ0n) is 13.4. The number of aliphatic imine (C=N–C) groups is 1. The molecule has 0 saturated carbocycles. The van der Waals surface area contributed by atoms with E-state index in [1.807, 2.05) is 36.9 Å². The molecule has 1 aliphatic rings. The Morgan fingerprint density at radius 2 is 2.32 bits per heavy atom. The Bertz CT molecular complexity index is 503. The van der Waals surface area contributed by atoms with Crippen LogP contribution in [-0.2, 0) is 11.3 Å². The highest BCUT2D eigenvalue weighted by Crippen LogP contribution is 2.10. The van der Waals surface area contributed by atoms with Crippen molar-refractivity contribution in [3.8, 4) is 0 Å². The van der Waals surface area contributed by atoms with Crippen molar-refractivity contribution < 1.29 is 4.79 Å². The molecule has 1 atom stereocenters. The van der Waals surface area contributed by atoms with E-state index < -0.39 is 0 Å². The first-order valence-corrected chi connectivity index (χ1v) is 7.95. The molecule has 2 heterocycles. The van der Waals surface area contributed by atoms with Gasteiger partial charge >= 0.3 is 0 Å². The molecule has 2 N–H and O–H groups in total. The van der Waals surface area contributed by atoms with E-state index >= 15 is 0 Å². The van der Waals surface area contributed by atoms with Crippen LogP contribution >= 0.6 is 0 Å². The summed E-state index contributed by atoms with van der Waals surface area (Å²) in [7, 11) is 0. The van der Waals surface area contributed by atoms with Gasteiger partial charge in [0, 0.05) is 38.3 Å². The van der Waals surface area contributed by atoms with Crippen LogP contribution in [0.2, 0.25) is 0 Å². The molecule has 0 spiro atoms. The highest BCUT2D eigenvalue weighted by atomic mass is 16.2. The fraction of sp³-hybridized carbons (Fsp3) is 0.562. The van der Waals surface area contributed by atoms with Crippen LogP contribution in [0.3, 0.4) is 0 Å². The van der Waals surface area contributed by atoms with Crippen molar-refractivity contribution in [1.82, 2.24) is 20.5 Å². The Hall–Kier alpha value is -2.11. The molecule has 0 aliphatic carbocycles. The van der Waals surface area contributed by atoms with Gasteiger partial charge in [-0.1, -0.05) is 13.0 Å². The molecule has 6 nitrogen and oxygen atoms in total. The predicted octanol–water partition coefficient (Wildman–Crippen LogP) is 1.15. The highest BCUT2D eigenvalue weighted by Gasteiger charge is 2.25. The number of rotatable bonds is 5. The summed E-state index contributed by atoms with van der Waals surface area (Å²) in [6.45, 7) is 6.87. The molecule has 0 aromatic carbocycles. The fourth-order valence-electron chi connectivity index (χ4n) is 2.49. The average Bonchev–Trinajstić information content (AvgIpc) is 3.01. The number of aromatic nitrogens is 1. The molecule has 1 amide bonds. The summed E-state index contributed by atoms with van der Waals surface area (Å²) in [6, 6.07) is 6.08. The van der Waals surface area contributed by atoms with E-state index in [9.17, 15) is 4.79 Å². The van der Waals surface area contributed by atoms with Gasteiger partial charge in [0.05, 0.1) is 12.2 Å². The van der Waals surface area contributed by atoms with Crippen LogP contribution in [0.25, 0.3) is 0 Å². The van der Waals surface area contributed by atoms with E-state index in [-0.39, 0.29) is 11.9 Å². The Morgan fingerprint density at radius 1 is 1.45 bits per heavy atom. The van der Waals surface area contributed by atoms with Gasteiger partial charge < -0.3 is 15.5 Å². The number of hydrogen-bond acceptors (Lipinski definition) is 3. The van der Waals surface area contributed by atoms with Crippen molar-refractivity contribution in [1.29, 1.82) is 0 Å². The van der Waals surface area contributed by atoms with Crippen LogP contribution in [0.5, 0.6) is 0 Å². The normalized spacial score (nSPS) is 18.4. The summed E-state index contributed by atoms with van der Waals surface area (Å²) in [4.78, 5) is 22.5. The highest BCUT2D eigenvalue weighted by molar-refractivity contribution is 5.80. The summed E-state index contributed by atoms with van der Waals surface area (Å²) >= 11 is 0. The third-order valence-corrected chi connectivity index (χ3v) is 3.65. The first kappa shape index (κ1) is 16.3. The van der Waals surface area contributed by atoms with Gasteiger partial charge in [-0.3, -0.25) is 9.78 Å². The van der Waals surface area contributed by atoms with E-state index in [0.717, 1.165) is 37.7 Å². The van der Waals surface area contributed by atoms with E-state index in [0.29, 0.717) is 13.0 Å². The molecule has 0 radical (unpaired) electrons. The Kier molecular flexibility index (Phi) is 6.18. The SMILES string of the molecule is CCNC(=NCc1ccccn1)NC1CCN(C(=O)CC)C1. The first-order valence-electron chi connectivity index (χ1n) is 7.95.